The molecule has 3 heteroatoms. The highest BCUT2D eigenvalue weighted by Gasteiger charge is 2.19. The molecule has 1 aromatic carbocycles. The van der Waals surface area contributed by atoms with E-state index in [1.165, 1.54) is 18.4 Å². The summed E-state index contributed by atoms with van der Waals surface area (Å²) in [6, 6.07) is 10.7. The summed E-state index contributed by atoms with van der Waals surface area (Å²) in [5.74, 6) is 0.863. The summed E-state index contributed by atoms with van der Waals surface area (Å²) in [6.45, 7) is 6.24. The molecule has 0 atom stereocenters. The van der Waals surface area contributed by atoms with Gasteiger partial charge in [-0.05, 0) is 43.8 Å². The van der Waals surface area contributed by atoms with E-state index in [0.717, 1.165) is 32.6 Å². The first-order chi connectivity index (χ1) is 9.78. The molecule has 0 radical (unpaired) electrons. The highest BCUT2D eigenvalue weighted by molar-refractivity contribution is 5.75. The van der Waals surface area contributed by atoms with Gasteiger partial charge in [0.25, 0.3) is 0 Å². The van der Waals surface area contributed by atoms with Crippen LogP contribution in [0.3, 0.4) is 0 Å². The van der Waals surface area contributed by atoms with Crippen molar-refractivity contribution in [2.75, 3.05) is 19.6 Å². The van der Waals surface area contributed by atoms with Crippen molar-refractivity contribution < 1.29 is 4.79 Å². The standard InChI is InChI=1S/C17H26N2O/c1-2-6-17(20)18-13-15-9-11-19(12-10-15)14-16-7-4-3-5-8-16/h3-5,7-8,15H,2,6,9-14H2,1H3,(H,18,20). The number of hydrogen-bond donors (Lipinski definition) is 1. The van der Waals surface area contributed by atoms with Crippen LogP contribution in [0.2, 0.25) is 0 Å². The van der Waals surface area contributed by atoms with Gasteiger partial charge in [0.1, 0.15) is 0 Å². The lowest BCUT2D eigenvalue weighted by molar-refractivity contribution is -0.121. The van der Waals surface area contributed by atoms with Crippen LogP contribution < -0.4 is 5.32 Å². The number of nitrogens with zero attached hydrogens (tertiary/aromatic N) is 1. The summed E-state index contributed by atoms with van der Waals surface area (Å²) >= 11 is 0. The van der Waals surface area contributed by atoms with Gasteiger partial charge < -0.3 is 5.32 Å². The molecule has 3 nitrogen and oxygen atoms in total. The Bertz CT molecular complexity index is 397. The van der Waals surface area contributed by atoms with Crippen LogP contribution in [-0.4, -0.2) is 30.4 Å². The van der Waals surface area contributed by atoms with Crippen LogP contribution in [0.15, 0.2) is 30.3 Å². The molecule has 1 aromatic rings. The number of likely N-dealkylation sites (tertiary alicyclic amines) is 1. The van der Waals surface area contributed by atoms with Crippen molar-refractivity contribution in [3.8, 4) is 0 Å². The topological polar surface area (TPSA) is 32.3 Å². The number of rotatable bonds is 6. The maximum absolute atomic E-state index is 11.5. The third kappa shape index (κ3) is 4.97. The van der Waals surface area contributed by atoms with Crippen molar-refractivity contribution in [3.63, 3.8) is 0 Å². The molecular weight excluding hydrogens is 248 g/mol. The minimum atomic E-state index is 0.208. The number of amides is 1. The van der Waals surface area contributed by atoms with Gasteiger partial charge in [-0.2, -0.15) is 0 Å². The van der Waals surface area contributed by atoms with Crippen LogP contribution in [0, 0.1) is 5.92 Å². The average Bonchev–Trinajstić information content (AvgIpc) is 2.48. The van der Waals surface area contributed by atoms with Crippen LogP contribution >= 0.6 is 0 Å². The largest absolute Gasteiger partial charge is 0.356 e. The zero-order valence-electron chi connectivity index (χ0n) is 12.5. The monoisotopic (exact) mass is 274 g/mol. The Balaban J connectivity index is 1.66. The second-order valence-electron chi connectivity index (χ2n) is 5.76. The Kier molecular flexibility index (Phi) is 6.06. The fourth-order valence-electron chi connectivity index (χ4n) is 2.76. The van der Waals surface area contributed by atoms with Crippen molar-refractivity contribution in [1.29, 1.82) is 0 Å². The van der Waals surface area contributed by atoms with Gasteiger partial charge in [-0.25, -0.2) is 0 Å². The third-order valence-electron chi connectivity index (χ3n) is 4.02. The quantitative estimate of drug-likeness (QED) is 0.865. The van der Waals surface area contributed by atoms with Crippen LogP contribution in [0.1, 0.15) is 38.2 Å². The molecule has 0 aliphatic carbocycles. The van der Waals surface area contributed by atoms with Gasteiger partial charge in [0.2, 0.25) is 5.91 Å². The molecule has 0 aromatic heterocycles. The molecule has 1 fully saturated rings. The molecule has 1 saturated heterocycles. The highest BCUT2D eigenvalue weighted by atomic mass is 16.1. The van der Waals surface area contributed by atoms with E-state index >= 15 is 0 Å². The van der Waals surface area contributed by atoms with E-state index < -0.39 is 0 Å². The predicted octanol–water partition coefficient (Wildman–Crippen LogP) is 2.81. The number of hydrogen-bond acceptors (Lipinski definition) is 2. The molecule has 1 N–H and O–H groups in total. The summed E-state index contributed by atoms with van der Waals surface area (Å²) < 4.78 is 0. The van der Waals surface area contributed by atoms with E-state index in [9.17, 15) is 4.79 Å². The molecule has 1 aliphatic rings. The number of benzene rings is 1. The van der Waals surface area contributed by atoms with Gasteiger partial charge in [-0.1, -0.05) is 37.3 Å². The van der Waals surface area contributed by atoms with Crippen LogP contribution in [0.25, 0.3) is 0 Å². The summed E-state index contributed by atoms with van der Waals surface area (Å²) in [5, 5.41) is 3.06. The Morgan fingerprint density at radius 1 is 1.25 bits per heavy atom. The molecule has 0 unspecified atom stereocenters. The first-order valence-corrected chi connectivity index (χ1v) is 7.81. The average molecular weight is 274 g/mol. The lowest BCUT2D eigenvalue weighted by Gasteiger charge is -2.32. The van der Waals surface area contributed by atoms with Gasteiger partial charge >= 0.3 is 0 Å². The third-order valence-corrected chi connectivity index (χ3v) is 4.02. The smallest absolute Gasteiger partial charge is 0.219 e. The van der Waals surface area contributed by atoms with Crippen LogP contribution in [0.4, 0.5) is 0 Å². The van der Waals surface area contributed by atoms with E-state index in [4.69, 9.17) is 0 Å². The SMILES string of the molecule is CCCC(=O)NCC1CCN(Cc2ccccc2)CC1. The van der Waals surface area contributed by atoms with Crippen LogP contribution in [0.5, 0.6) is 0 Å². The van der Waals surface area contributed by atoms with Gasteiger partial charge in [0.05, 0.1) is 0 Å². The Morgan fingerprint density at radius 2 is 1.95 bits per heavy atom. The second kappa shape index (κ2) is 8.05. The van der Waals surface area contributed by atoms with E-state index in [1.54, 1.807) is 0 Å². The van der Waals surface area contributed by atoms with E-state index in [1.807, 2.05) is 6.92 Å². The van der Waals surface area contributed by atoms with Crippen molar-refractivity contribution >= 4 is 5.91 Å². The molecule has 0 bridgehead atoms. The maximum Gasteiger partial charge on any atom is 0.219 e. The molecule has 1 aliphatic heterocycles. The first-order valence-electron chi connectivity index (χ1n) is 7.81. The first kappa shape index (κ1) is 15.0. The highest BCUT2D eigenvalue weighted by Crippen LogP contribution is 2.18. The zero-order valence-corrected chi connectivity index (χ0v) is 12.5. The molecule has 0 saturated carbocycles. The van der Waals surface area contributed by atoms with Crippen molar-refractivity contribution in [3.05, 3.63) is 35.9 Å². The molecule has 1 heterocycles. The zero-order chi connectivity index (χ0) is 14.2. The van der Waals surface area contributed by atoms with Gasteiger partial charge in [-0.15, -0.1) is 0 Å². The normalized spacial score (nSPS) is 17.1. The summed E-state index contributed by atoms with van der Waals surface area (Å²) in [6.07, 6.45) is 3.98. The van der Waals surface area contributed by atoms with Crippen LogP contribution in [-0.2, 0) is 11.3 Å². The van der Waals surface area contributed by atoms with Gasteiger partial charge in [-0.3, -0.25) is 9.69 Å². The molecule has 2 rings (SSSR count). The fraction of sp³-hybridized carbons (Fsp3) is 0.588. The maximum atomic E-state index is 11.5. The molecule has 0 spiro atoms. The Hall–Kier alpha value is -1.35. The van der Waals surface area contributed by atoms with Crippen molar-refractivity contribution in [2.45, 2.75) is 39.2 Å². The Labute approximate surface area is 122 Å². The number of carbonyl (C=O) groups is 1. The number of carbonyl (C=O) groups excluding carboxylic acids is 1. The minimum absolute atomic E-state index is 0.208. The molecule has 110 valence electrons. The number of nitrogens with one attached hydrogen (secondary N) is 1. The summed E-state index contributed by atoms with van der Waals surface area (Å²) in [4.78, 5) is 14.0. The van der Waals surface area contributed by atoms with E-state index in [0.29, 0.717) is 12.3 Å². The lowest BCUT2D eigenvalue weighted by Crippen LogP contribution is -2.38. The van der Waals surface area contributed by atoms with E-state index in [-0.39, 0.29) is 5.91 Å². The fourth-order valence-corrected chi connectivity index (χ4v) is 2.76. The number of piperidine rings is 1. The van der Waals surface area contributed by atoms with E-state index in [2.05, 4.69) is 40.5 Å². The molecule has 20 heavy (non-hydrogen) atoms. The van der Waals surface area contributed by atoms with Crippen molar-refractivity contribution in [2.24, 2.45) is 5.92 Å². The molecule has 1 amide bonds. The van der Waals surface area contributed by atoms with Gasteiger partial charge in [0.15, 0.2) is 0 Å². The summed E-state index contributed by atoms with van der Waals surface area (Å²) in [5.41, 5.74) is 1.39. The second-order valence-corrected chi connectivity index (χ2v) is 5.76. The Morgan fingerprint density at radius 3 is 2.60 bits per heavy atom. The lowest BCUT2D eigenvalue weighted by atomic mass is 9.96. The van der Waals surface area contributed by atoms with Crippen molar-refractivity contribution in [1.82, 2.24) is 10.2 Å². The van der Waals surface area contributed by atoms with Gasteiger partial charge in [0, 0.05) is 19.5 Å². The minimum Gasteiger partial charge on any atom is -0.356 e. The predicted molar refractivity (Wildman–Crippen MR) is 82.4 cm³/mol. The summed E-state index contributed by atoms with van der Waals surface area (Å²) in [7, 11) is 0. The molecular formula is C17H26N2O.